The molecule has 3 atom stereocenters. The smallest absolute Gasteiger partial charge is 0.0925 e. The van der Waals surface area contributed by atoms with Crippen molar-refractivity contribution in [3.8, 4) is 0 Å². The summed E-state index contributed by atoms with van der Waals surface area (Å²) in [4.78, 5) is 0. The van der Waals surface area contributed by atoms with Gasteiger partial charge in [0.15, 0.2) is 0 Å². The SMILES string of the molecule is CC1CC(OC(CBr)c2ccc(Cl)cc2)CC(C)(C)C1. The Morgan fingerprint density at radius 3 is 2.50 bits per heavy atom. The second-order valence-electron chi connectivity index (χ2n) is 6.87. The molecule has 3 heteroatoms. The Hall–Kier alpha value is -0.0500. The molecule has 0 heterocycles. The molecule has 0 spiro atoms. The van der Waals surface area contributed by atoms with Gasteiger partial charge in [0.05, 0.1) is 12.2 Å². The van der Waals surface area contributed by atoms with E-state index >= 15 is 0 Å². The van der Waals surface area contributed by atoms with Crippen molar-refractivity contribution in [1.29, 1.82) is 0 Å². The molecule has 1 aliphatic carbocycles. The van der Waals surface area contributed by atoms with Gasteiger partial charge in [0.25, 0.3) is 0 Å². The van der Waals surface area contributed by atoms with Crippen LogP contribution >= 0.6 is 27.5 Å². The number of halogens is 2. The van der Waals surface area contributed by atoms with Gasteiger partial charge in [-0.25, -0.2) is 0 Å². The summed E-state index contributed by atoms with van der Waals surface area (Å²) >= 11 is 9.54. The van der Waals surface area contributed by atoms with Crippen LogP contribution in [0.25, 0.3) is 0 Å². The highest BCUT2D eigenvalue weighted by Crippen LogP contribution is 2.41. The lowest BCUT2D eigenvalue weighted by atomic mass is 9.71. The van der Waals surface area contributed by atoms with Crippen LogP contribution in [-0.2, 0) is 4.74 Å². The van der Waals surface area contributed by atoms with Gasteiger partial charge in [-0.1, -0.05) is 60.4 Å². The van der Waals surface area contributed by atoms with Gasteiger partial charge < -0.3 is 4.74 Å². The number of benzene rings is 1. The predicted molar refractivity (Wildman–Crippen MR) is 89.7 cm³/mol. The molecule has 0 bridgehead atoms. The first-order valence-corrected chi connectivity index (χ1v) is 8.86. The van der Waals surface area contributed by atoms with E-state index in [4.69, 9.17) is 16.3 Å². The van der Waals surface area contributed by atoms with Crippen molar-refractivity contribution in [3.63, 3.8) is 0 Å². The van der Waals surface area contributed by atoms with Crippen LogP contribution in [0.2, 0.25) is 5.02 Å². The number of ether oxygens (including phenoxy) is 1. The first kappa shape index (κ1) is 16.3. The molecule has 20 heavy (non-hydrogen) atoms. The summed E-state index contributed by atoms with van der Waals surface area (Å²) in [7, 11) is 0. The van der Waals surface area contributed by atoms with E-state index in [1.165, 1.54) is 18.4 Å². The van der Waals surface area contributed by atoms with Crippen molar-refractivity contribution in [1.82, 2.24) is 0 Å². The summed E-state index contributed by atoms with van der Waals surface area (Å²) in [6.07, 6.45) is 4.08. The maximum atomic E-state index is 6.38. The van der Waals surface area contributed by atoms with Crippen LogP contribution in [0.4, 0.5) is 0 Å². The topological polar surface area (TPSA) is 9.23 Å². The Kier molecular flexibility index (Phi) is 5.56. The number of alkyl halides is 1. The Morgan fingerprint density at radius 2 is 1.95 bits per heavy atom. The van der Waals surface area contributed by atoms with Crippen LogP contribution in [0.1, 0.15) is 51.7 Å². The molecular weight excluding hydrogens is 336 g/mol. The molecule has 0 aromatic heterocycles. The summed E-state index contributed by atoms with van der Waals surface area (Å²) in [6, 6.07) is 7.99. The molecule has 1 aliphatic rings. The van der Waals surface area contributed by atoms with E-state index < -0.39 is 0 Å². The van der Waals surface area contributed by atoms with Gasteiger partial charge in [0.2, 0.25) is 0 Å². The third kappa shape index (κ3) is 4.47. The van der Waals surface area contributed by atoms with Crippen molar-refractivity contribution >= 4 is 27.5 Å². The molecule has 0 amide bonds. The minimum absolute atomic E-state index is 0.110. The molecule has 0 saturated heterocycles. The molecule has 1 aromatic rings. The first-order chi connectivity index (χ1) is 9.39. The van der Waals surface area contributed by atoms with Gasteiger partial charge in [-0.15, -0.1) is 0 Å². The molecule has 1 nitrogen and oxygen atoms in total. The highest BCUT2D eigenvalue weighted by molar-refractivity contribution is 9.09. The molecule has 3 unspecified atom stereocenters. The summed E-state index contributed by atoms with van der Waals surface area (Å²) in [5.74, 6) is 0.741. The Morgan fingerprint density at radius 1 is 1.30 bits per heavy atom. The van der Waals surface area contributed by atoms with Crippen LogP contribution in [-0.4, -0.2) is 11.4 Å². The monoisotopic (exact) mass is 358 g/mol. The zero-order chi connectivity index (χ0) is 14.8. The third-order valence-electron chi connectivity index (χ3n) is 4.09. The van der Waals surface area contributed by atoms with Crippen molar-refractivity contribution in [3.05, 3.63) is 34.9 Å². The highest BCUT2D eigenvalue weighted by atomic mass is 79.9. The van der Waals surface area contributed by atoms with Gasteiger partial charge >= 0.3 is 0 Å². The number of rotatable bonds is 4. The fraction of sp³-hybridized carbons (Fsp3) is 0.647. The standard InChI is InChI=1S/C17H24BrClO/c1-12-8-15(10-17(2,3)9-12)20-16(11-18)13-4-6-14(19)7-5-13/h4-7,12,15-16H,8-11H2,1-3H3. The lowest BCUT2D eigenvalue weighted by molar-refractivity contribution is -0.0579. The van der Waals surface area contributed by atoms with Crippen molar-refractivity contribution in [2.45, 2.75) is 52.2 Å². The molecule has 1 aromatic carbocycles. The summed E-state index contributed by atoms with van der Waals surface area (Å²) < 4.78 is 6.38. The second kappa shape index (κ2) is 6.81. The second-order valence-corrected chi connectivity index (χ2v) is 7.95. The van der Waals surface area contributed by atoms with Crippen LogP contribution in [0.5, 0.6) is 0 Å². The molecule has 0 aliphatic heterocycles. The van der Waals surface area contributed by atoms with Gasteiger partial charge in [-0.2, -0.15) is 0 Å². The quantitative estimate of drug-likeness (QED) is 0.598. The highest BCUT2D eigenvalue weighted by Gasteiger charge is 2.33. The number of hydrogen-bond donors (Lipinski definition) is 0. The van der Waals surface area contributed by atoms with Crippen molar-refractivity contribution in [2.75, 3.05) is 5.33 Å². The van der Waals surface area contributed by atoms with Gasteiger partial charge in [0.1, 0.15) is 0 Å². The Bertz CT molecular complexity index is 429. The lowest BCUT2D eigenvalue weighted by Gasteiger charge is -2.40. The fourth-order valence-electron chi connectivity index (χ4n) is 3.48. The maximum Gasteiger partial charge on any atom is 0.0925 e. The van der Waals surface area contributed by atoms with E-state index in [1.54, 1.807) is 0 Å². The average molecular weight is 360 g/mol. The van der Waals surface area contributed by atoms with Crippen LogP contribution in [0, 0.1) is 11.3 Å². The summed E-state index contributed by atoms with van der Waals surface area (Å²) in [6.45, 7) is 7.04. The Balaban J connectivity index is 2.04. The average Bonchev–Trinajstić information content (AvgIpc) is 2.34. The van der Waals surface area contributed by atoms with E-state index in [0.29, 0.717) is 11.5 Å². The summed E-state index contributed by atoms with van der Waals surface area (Å²) in [5, 5.41) is 1.59. The van der Waals surface area contributed by atoms with Crippen molar-refractivity contribution < 1.29 is 4.74 Å². The summed E-state index contributed by atoms with van der Waals surface area (Å²) in [5.41, 5.74) is 1.58. The fourth-order valence-corrected chi connectivity index (χ4v) is 4.13. The zero-order valence-corrected chi connectivity index (χ0v) is 14.9. The Labute approximate surface area is 136 Å². The largest absolute Gasteiger partial charge is 0.369 e. The third-order valence-corrected chi connectivity index (χ3v) is 4.93. The first-order valence-electron chi connectivity index (χ1n) is 7.36. The lowest BCUT2D eigenvalue weighted by Crippen LogP contribution is -2.33. The van der Waals surface area contributed by atoms with Gasteiger partial charge in [-0.3, -0.25) is 0 Å². The van der Waals surface area contributed by atoms with E-state index in [9.17, 15) is 0 Å². The molecule has 1 saturated carbocycles. The van der Waals surface area contributed by atoms with E-state index in [2.05, 4.69) is 48.8 Å². The zero-order valence-electron chi connectivity index (χ0n) is 12.5. The van der Waals surface area contributed by atoms with Gasteiger partial charge in [0, 0.05) is 10.4 Å². The molecule has 0 radical (unpaired) electrons. The molecule has 1 fully saturated rings. The minimum atomic E-state index is 0.110. The molecular formula is C17H24BrClO. The van der Waals surface area contributed by atoms with E-state index in [1.807, 2.05) is 12.1 Å². The van der Waals surface area contributed by atoms with Crippen LogP contribution < -0.4 is 0 Å². The van der Waals surface area contributed by atoms with Crippen molar-refractivity contribution in [2.24, 2.45) is 11.3 Å². The molecule has 112 valence electrons. The van der Waals surface area contributed by atoms with Crippen LogP contribution in [0.15, 0.2) is 24.3 Å². The van der Waals surface area contributed by atoms with E-state index in [0.717, 1.165) is 22.7 Å². The maximum absolute atomic E-state index is 6.38. The normalized spacial score (nSPS) is 27.2. The van der Waals surface area contributed by atoms with Gasteiger partial charge in [-0.05, 0) is 48.3 Å². The molecule has 2 rings (SSSR count). The van der Waals surface area contributed by atoms with E-state index in [-0.39, 0.29) is 6.10 Å². The van der Waals surface area contributed by atoms with Crippen LogP contribution in [0.3, 0.4) is 0 Å². The molecule has 0 N–H and O–H groups in total. The number of hydrogen-bond acceptors (Lipinski definition) is 1. The predicted octanol–water partition coefficient (Wildman–Crippen LogP) is 6.01. The minimum Gasteiger partial charge on any atom is -0.369 e.